The summed E-state index contributed by atoms with van der Waals surface area (Å²) >= 11 is 0. The molecule has 0 aliphatic rings. The summed E-state index contributed by atoms with van der Waals surface area (Å²) < 4.78 is 12.3. The van der Waals surface area contributed by atoms with Gasteiger partial charge in [0.2, 0.25) is 0 Å². The topological polar surface area (TPSA) is 122 Å². The zero-order chi connectivity index (χ0) is 23.0. The molecule has 2 rings (SSSR count). The minimum Gasteiger partial charge on any atom is -0.494 e. The van der Waals surface area contributed by atoms with Crippen LogP contribution in [0.2, 0.25) is 0 Å². The number of nitrogens with one attached hydrogen (secondary N) is 2. The van der Waals surface area contributed by atoms with Gasteiger partial charge in [0.1, 0.15) is 17.4 Å². The second-order valence-corrected chi connectivity index (χ2v) is 6.46. The average Bonchev–Trinajstić information content (AvgIpc) is 3.03. The van der Waals surface area contributed by atoms with E-state index in [0.717, 1.165) is 22.8 Å². The lowest BCUT2D eigenvalue weighted by Gasteiger charge is -2.11. The number of carbonyl (C=O) groups excluding carboxylic acids is 3. The van der Waals surface area contributed by atoms with E-state index in [2.05, 4.69) is 5.32 Å². The number of ether oxygens (including phenoxy) is 2. The molecule has 0 atom stereocenters. The van der Waals surface area contributed by atoms with E-state index in [4.69, 9.17) is 9.47 Å². The molecule has 0 spiro atoms. The van der Waals surface area contributed by atoms with Gasteiger partial charge in [0.05, 0.1) is 6.61 Å². The quantitative estimate of drug-likeness (QED) is 0.400. The number of urea groups is 1. The van der Waals surface area contributed by atoms with E-state index in [9.17, 15) is 19.6 Å². The second kappa shape index (κ2) is 10.6. The monoisotopic (exact) mass is 424 g/mol. The van der Waals surface area contributed by atoms with Crippen LogP contribution in [-0.2, 0) is 14.3 Å². The number of rotatable bonds is 7. The molecule has 2 N–H and O–H groups in total. The van der Waals surface area contributed by atoms with Crippen LogP contribution in [0, 0.1) is 25.2 Å². The van der Waals surface area contributed by atoms with Gasteiger partial charge in [-0.25, -0.2) is 9.59 Å². The fourth-order valence-electron chi connectivity index (χ4n) is 2.92. The Kier molecular flexibility index (Phi) is 7.97. The summed E-state index contributed by atoms with van der Waals surface area (Å²) in [5, 5.41) is 13.5. The minimum absolute atomic E-state index is 0.264. The molecule has 0 fully saturated rings. The molecule has 0 saturated heterocycles. The van der Waals surface area contributed by atoms with E-state index in [0.29, 0.717) is 12.2 Å². The van der Waals surface area contributed by atoms with Crippen LogP contribution in [0.15, 0.2) is 35.9 Å². The number of aromatic nitrogens is 1. The van der Waals surface area contributed by atoms with Crippen LogP contribution in [0.3, 0.4) is 0 Å². The van der Waals surface area contributed by atoms with Crippen LogP contribution in [-0.4, -0.2) is 42.7 Å². The van der Waals surface area contributed by atoms with Crippen molar-refractivity contribution in [3.05, 3.63) is 52.9 Å². The zero-order valence-electron chi connectivity index (χ0n) is 17.8. The molecular formula is C22H24N4O5. The maximum Gasteiger partial charge on any atom is 0.349 e. The Morgan fingerprint density at radius 3 is 2.45 bits per heavy atom. The molecule has 9 nitrogen and oxygen atoms in total. The fraction of sp³-hybridized carbons (Fsp3) is 0.273. The van der Waals surface area contributed by atoms with Crippen LogP contribution in [0.25, 0.3) is 11.8 Å². The van der Waals surface area contributed by atoms with Crippen molar-refractivity contribution < 1.29 is 23.9 Å². The number of esters is 1. The molecule has 0 aliphatic heterocycles. The molecule has 0 radical (unpaired) electrons. The van der Waals surface area contributed by atoms with Gasteiger partial charge >= 0.3 is 12.0 Å². The van der Waals surface area contributed by atoms with E-state index in [-0.39, 0.29) is 5.57 Å². The van der Waals surface area contributed by atoms with Crippen molar-refractivity contribution >= 4 is 24.0 Å². The van der Waals surface area contributed by atoms with Crippen molar-refractivity contribution in [3.8, 4) is 17.5 Å². The summed E-state index contributed by atoms with van der Waals surface area (Å²) in [6.45, 7) is 5.59. The smallest absolute Gasteiger partial charge is 0.349 e. The van der Waals surface area contributed by atoms with Crippen LogP contribution >= 0.6 is 0 Å². The number of nitrogens with zero attached hydrogens (tertiary/aromatic N) is 2. The fourth-order valence-corrected chi connectivity index (χ4v) is 2.92. The van der Waals surface area contributed by atoms with Crippen molar-refractivity contribution in [1.82, 2.24) is 15.2 Å². The highest BCUT2D eigenvalue weighted by Gasteiger charge is 2.16. The SMILES string of the molecule is CCOc1ccc(-n2c(C)cc(/C=C(\C#N)C(=O)OCC(=O)NC(=O)NC)c2C)cc1. The second-order valence-electron chi connectivity index (χ2n) is 6.46. The lowest BCUT2D eigenvalue weighted by molar-refractivity contribution is -0.144. The summed E-state index contributed by atoms with van der Waals surface area (Å²) in [5.74, 6) is -0.997. The van der Waals surface area contributed by atoms with Crippen molar-refractivity contribution in [3.63, 3.8) is 0 Å². The molecule has 0 bridgehead atoms. The van der Waals surface area contributed by atoms with Gasteiger partial charge in [0.15, 0.2) is 6.61 Å². The normalized spacial score (nSPS) is 10.7. The maximum atomic E-state index is 12.2. The van der Waals surface area contributed by atoms with Crippen molar-refractivity contribution in [2.45, 2.75) is 20.8 Å². The molecule has 162 valence electrons. The van der Waals surface area contributed by atoms with Gasteiger partial charge in [0.25, 0.3) is 5.91 Å². The van der Waals surface area contributed by atoms with Gasteiger partial charge in [-0.15, -0.1) is 0 Å². The standard InChI is InChI=1S/C22H24N4O5/c1-5-30-19-8-6-18(7-9-19)26-14(2)10-16(15(26)3)11-17(12-23)21(28)31-13-20(27)25-22(29)24-4/h6-11H,5,13H2,1-4H3,(H2,24,25,27,29)/b17-11+. The minimum atomic E-state index is -0.958. The Bertz CT molecular complexity index is 1050. The first kappa shape index (κ1) is 23.2. The third-order valence-corrected chi connectivity index (χ3v) is 4.33. The van der Waals surface area contributed by atoms with Crippen LogP contribution in [0.1, 0.15) is 23.9 Å². The molecule has 2 aromatic rings. The third kappa shape index (κ3) is 5.96. The van der Waals surface area contributed by atoms with Crippen LogP contribution in [0.4, 0.5) is 4.79 Å². The number of nitriles is 1. The van der Waals surface area contributed by atoms with Crippen molar-refractivity contribution in [2.75, 3.05) is 20.3 Å². The van der Waals surface area contributed by atoms with Gasteiger partial charge in [0, 0.05) is 24.1 Å². The van der Waals surface area contributed by atoms with E-state index in [1.165, 1.54) is 13.1 Å². The lowest BCUT2D eigenvalue weighted by atomic mass is 10.1. The van der Waals surface area contributed by atoms with E-state index >= 15 is 0 Å². The Labute approximate surface area is 180 Å². The Balaban J connectivity index is 2.20. The first-order valence-electron chi connectivity index (χ1n) is 9.53. The molecule has 31 heavy (non-hydrogen) atoms. The molecule has 0 saturated carbocycles. The molecule has 1 aromatic heterocycles. The Hall–Kier alpha value is -4.06. The summed E-state index contributed by atoms with van der Waals surface area (Å²) in [6, 6.07) is 10.5. The number of benzene rings is 1. The van der Waals surface area contributed by atoms with Gasteiger partial charge in [-0.2, -0.15) is 5.26 Å². The summed E-state index contributed by atoms with van der Waals surface area (Å²) in [6.07, 6.45) is 1.41. The molecule has 0 unspecified atom stereocenters. The number of carbonyl (C=O) groups is 3. The highest BCUT2D eigenvalue weighted by molar-refractivity contribution is 6.00. The third-order valence-electron chi connectivity index (χ3n) is 4.33. The number of hydrogen-bond donors (Lipinski definition) is 2. The number of aryl methyl sites for hydroxylation is 1. The number of amides is 3. The highest BCUT2D eigenvalue weighted by Crippen LogP contribution is 2.24. The Morgan fingerprint density at radius 1 is 1.19 bits per heavy atom. The molecular weight excluding hydrogens is 400 g/mol. The molecule has 9 heteroatoms. The first-order chi connectivity index (χ1) is 14.8. The molecule has 0 aliphatic carbocycles. The summed E-state index contributed by atoms with van der Waals surface area (Å²) in [5.41, 5.74) is 3.03. The summed E-state index contributed by atoms with van der Waals surface area (Å²) in [7, 11) is 1.34. The lowest BCUT2D eigenvalue weighted by Crippen LogP contribution is -2.39. The van der Waals surface area contributed by atoms with E-state index in [1.54, 1.807) is 6.07 Å². The Morgan fingerprint density at radius 2 is 1.87 bits per heavy atom. The van der Waals surface area contributed by atoms with Crippen molar-refractivity contribution in [2.24, 2.45) is 0 Å². The first-order valence-corrected chi connectivity index (χ1v) is 9.53. The predicted molar refractivity (Wildman–Crippen MR) is 114 cm³/mol. The summed E-state index contributed by atoms with van der Waals surface area (Å²) in [4.78, 5) is 34.8. The predicted octanol–water partition coefficient (Wildman–Crippen LogP) is 2.40. The largest absolute Gasteiger partial charge is 0.494 e. The van der Waals surface area contributed by atoms with Gasteiger partial charge in [-0.1, -0.05) is 0 Å². The van der Waals surface area contributed by atoms with E-state index in [1.807, 2.05) is 61.0 Å². The van der Waals surface area contributed by atoms with Gasteiger partial charge < -0.3 is 19.4 Å². The van der Waals surface area contributed by atoms with Crippen LogP contribution < -0.4 is 15.4 Å². The molecule has 3 amide bonds. The van der Waals surface area contributed by atoms with Crippen LogP contribution in [0.5, 0.6) is 5.75 Å². The maximum absolute atomic E-state index is 12.2. The van der Waals surface area contributed by atoms with Gasteiger partial charge in [-0.05, 0) is 62.7 Å². The zero-order valence-corrected chi connectivity index (χ0v) is 17.8. The number of imide groups is 1. The van der Waals surface area contributed by atoms with Crippen molar-refractivity contribution in [1.29, 1.82) is 5.26 Å². The van der Waals surface area contributed by atoms with Gasteiger partial charge in [-0.3, -0.25) is 10.1 Å². The number of hydrogen-bond acceptors (Lipinski definition) is 6. The molecule has 1 aromatic carbocycles. The van der Waals surface area contributed by atoms with E-state index < -0.39 is 24.5 Å². The molecule has 1 heterocycles. The average molecular weight is 424 g/mol. The highest BCUT2D eigenvalue weighted by atomic mass is 16.5.